The Kier molecular flexibility index (Phi) is 6.96. The molecule has 0 atom stereocenters. The van der Waals surface area contributed by atoms with Crippen molar-refractivity contribution >= 4 is 45.6 Å². The number of allylic oxidation sites excluding steroid dienone is 5. The van der Waals surface area contributed by atoms with Crippen molar-refractivity contribution < 1.29 is 0 Å². The predicted molar refractivity (Wildman–Crippen MR) is 160 cm³/mol. The molecule has 0 spiro atoms. The predicted octanol–water partition coefficient (Wildman–Crippen LogP) is 8.61. The Hall–Kier alpha value is -5.18. The van der Waals surface area contributed by atoms with Gasteiger partial charge in [-0.25, -0.2) is 20.2 Å². The van der Waals surface area contributed by atoms with Gasteiger partial charge in [-0.3, -0.25) is 0 Å². The van der Waals surface area contributed by atoms with E-state index in [0.717, 1.165) is 25.9 Å². The summed E-state index contributed by atoms with van der Waals surface area (Å²) in [6.07, 6.45) is 1.89. The van der Waals surface area contributed by atoms with Gasteiger partial charge in [-0.1, -0.05) is 36.4 Å². The zero-order valence-corrected chi connectivity index (χ0v) is 22.7. The number of fused-ring (bicyclic) bond motifs is 1. The maximum absolute atomic E-state index is 9.74. The standard InChI is InChI=1S/C32H19N5S2/c1-35-26(18-33)31-23-7-5-6-8-24(23)32(27(19-34)36-2)25(31)17-22-13-14-29(38-22)30-16-15-28(39-30)20-9-11-21(12-10-20)37(3)4/h5-17H,3-4H3. The van der Waals surface area contributed by atoms with Gasteiger partial charge >= 0.3 is 0 Å². The zero-order chi connectivity index (χ0) is 27.5. The van der Waals surface area contributed by atoms with Gasteiger partial charge in [0.05, 0.1) is 25.3 Å². The molecule has 0 aliphatic heterocycles. The molecule has 1 aliphatic carbocycles. The Morgan fingerprint density at radius 3 is 1.82 bits per heavy atom. The fourth-order valence-corrected chi connectivity index (χ4v) is 6.57. The van der Waals surface area contributed by atoms with Crippen LogP contribution in [0.5, 0.6) is 0 Å². The number of nitrogens with zero attached hydrogens (tertiary/aromatic N) is 5. The molecule has 0 N–H and O–H groups in total. The quantitative estimate of drug-likeness (QED) is 0.193. The minimum absolute atomic E-state index is 0.0640. The summed E-state index contributed by atoms with van der Waals surface area (Å²) in [5.74, 6) is 0. The minimum atomic E-state index is -0.0640. The summed E-state index contributed by atoms with van der Waals surface area (Å²) in [5.41, 5.74) is 5.03. The van der Waals surface area contributed by atoms with Gasteiger partial charge in [-0.2, -0.15) is 0 Å². The lowest BCUT2D eigenvalue weighted by Gasteiger charge is -2.12. The van der Waals surface area contributed by atoms with E-state index in [1.165, 1.54) is 4.88 Å². The van der Waals surface area contributed by atoms with Crippen molar-refractivity contribution in [2.45, 2.75) is 0 Å². The first-order chi connectivity index (χ1) is 19.0. The third kappa shape index (κ3) is 4.66. The first-order valence-corrected chi connectivity index (χ1v) is 13.5. The average molecular weight is 538 g/mol. The monoisotopic (exact) mass is 537 g/mol. The molecule has 5 nitrogen and oxygen atoms in total. The number of hydrogen-bond acceptors (Lipinski definition) is 5. The molecule has 184 valence electrons. The third-order valence-electron chi connectivity index (χ3n) is 6.34. The first-order valence-electron chi connectivity index (χ1n) is 11.8. The van der Waals surface area contributed by atoms with Gasteiger partial charge in [0.1, 0.15) is 0 Å². The number of nitriles is 2. The molecule has 0 bridgehead atoms. The summed E-state index contributed by atoms with van der Waals surface area (Å²) in [4.78, 5) is 13.3. The number of rotatable bonds is 4. The fraction of sp³-hybridized carbons (Fsp3) is 0.0625. The minimum Gasteiger partial charge on any atom is -0.378 e. The molecule has 2 heterocycles. The Morgan fingerprint density at radius 2 is 1.28 bits per heavy atom. The lowest BCUT2D eigenvalue weighted by atomic mass is 9.99. The van der Waals surface area contributed by atoms with Crippen LogP contribution in [0.2, 0.25) is 0 Å². The molecule has 0 saturated heterocycles. The molecule has 0 fully saturated rings. The Bertz CT molecular complexity index is 1760. The summed E-state index contributed by atoms with van der Waals surface area (Å²) in [7, 11) is 4.05. The second-order valence-electron chi connectivity index (χ2n) is 8.81. The van der Waals surface area contributed by atoms with Crippen molar-refractivity contribution in [3.8, 4) is 32.3 Å². The second kappa shape index (κ2) is 10.7. The third-order valence-corrected chi connectivity index (χ3v) is 8.71. The molecule has 0 radical (unpaired) electrons. The lowest BCUT2D eigenvalue weighted by Crippen LogP contribution is -2.07. The van der Waals surface area contributed by atoms with Crippen molar-refractivity contribution in [2.75, 3.05) is 19.0 Å². The van der Waals surface area contributed by atoms with Crippen LogP contribution in [0.1, 0.15) is 16.0 Å². The largest absolute Gasteiger partial charge is 0.378 e. The summed E-state index contributed by atoms with van der Waals surface area (Å²) in [6, 6.07) is 28.1. The highest BCUT2D eigenvalue weighted by Gasteiger charge is 2.31. The highest BCUT2D eigenvalue weighted by atomic mass is 32.1. The van der Waals surface area contributed by atoms with E-state index in [1.807, 2.05) is 62.6 Å². The summed E-state index contributed by atoms with van der Waals surface area (Å²) in [6.45, 7) is 15.2. The van der Waals surface area contributed by atoms with Gasteiger partial charge in [0.2, 0.25) is 0 Å². The molecular formula is C32H19N5S2. The zero-order valence-electron chi connectivity index (χ0n) is 21.1. The van der Waals surface area contributed by atoms with E-state index >= 15 is 0 Å². The van der Waals surface area contributed by atoms with Crippen molar-refractivity contribution in [1.29, 1.82) is 10.5 Å². The van der Waals surface area contributed by atoms with Gasteiger partial charge in [0, 0.05) is 50.4 Å². The molecule has 1 aliphatic rings. The van der Waals surface area contributed by atoms with Gasteiger partial charge in [-0.05, 0) is 64.7 Å². The number of benzene rings is 2. The summed E-state index contributed by atoms with van der Waals surface area (Å²) < 4.78 is 0. The van der Waals surface area contributed by atoms with Gasteiger partial charge in [0.25, 0.3) is 11.4 Å². The molecule has 0 saturated carbocycles. The molecule has 4 aromatic rings. The topological polar surface area (TPSA) is 59.5 Å². The maximum Gasteiger partial charge on any atom is 0.270 e. The SMILES string of the molecule is [C-]#[N+]C(C#N)=C1C(=Cc2ccc(-c3ccc(-c4ccc(N(C)C)cc4)s3)s2)C(=C(C#N)[N+]#[C-])c2ccccc21. The van der Waals surface area contributed by atoms with E-state index in [9.17, 15) is 10.5 Å². The van der Waals surface area contributed by atoms with Crippen molar-refractivity contribution in [3.05, 3.63) is 129 Å². The Morgan fingerprint density at radius 1 is 0.744 bits per heavy atom. The molecule has 2 aromatic heterocycles. The molecule has 0 unspecified atom stereocenters. The number of anilines is 1. The fourth-order valence-electron chi connectivity index (χ4n) is 4.52. The number of thiophene rings is 2. The van der Waals surface area contributed by atoms with Gasteiger partial charge < -0.3 is 4.90 Å². The van der Waals surface area contributed by atoms with Crippen LogP contribution in [0.15, 0.2) is 89.8 Å². The van der Waals surface area contributed by atoms with Crippen LogP contribution in [0, 0.1) is 35.8 Å². The van der Waals surface area contributed by atoms with Crippen molar-refractivity contribution in [2.24, 2.45) is 0 Å². The molecular weight excluding hydrogens is 519 g/mol. The Balaban J connectivity index is 1.58. The van der Waals surface area contributed by atoms with Crippen molar-refractivity contribution in [1.82, 2.24) is 0 Å². The molecule has 7 heteroatoms. The molecule has 0 amide bonds. The Labute approximate surface area is 235 Å². The molecule has 5 rings (SSSR count). The van der Waals surface area contributed by atoms with Crippen LogP contribution < -0.4 is 4.90 Å². The van der Waals surface area contributed by atoms with Crippen LogP contribution in [-0.2, 0) is 0 Å². The second-order valence-corrected chi connectivity index (χ2v) is 11.0. The normalized spacial score (nSPS) is 14.4. The smallest absolute Gasteiger partial charge is 0.270 e. The first kappa shape index (κ1) is 25.5. The van der Waals surface area contributed by atoms with Gasteiger partial charge in [0.15, 0.2) is 0 Å². The van der Waals surface area contributed by atoms with Crippen LogP contribution >= 0.6 is 22.7 Å². The van der Waals surface area contributed by atoms with Crippen LogP contribution in [0.3, 0.4) is 0 Å². The van der Waals surface area contributed by atoms with E-state index in [0.29, 0.717) is 27.8 Å². The van der Waals surface area contributed by atoms with Crippen LogP contribution in [-0.4, -0.2) is 14.1 Å². The summed E-state index contributed by atoms with van der Waals surface area (Å²) in [5, 5.41) is 19.5. The van der Waals surface area contributed by atoms with Crippen molar-refractivity contribution in [3.63, 3.8) is 0 Å². The van der Waals surface area contributed by atoms with Crippen LogP contribution in [0.4, 0.5) is 5.69 Å². The van der Waals surface area contributed by atoms with E-state index in [-0.39, 0.29) is 11.4 Å². The molecule has 39 heavy (non-hydrogen) atoms. The lowest BCUT2D eigenvalue weighted by molar-refractivity contribution is 1.13. The average Bonchev–Trinajstić information content (AvgIpc) is 3.70. The molecule has 2 aromatic carbocycles. The van der Waals surface area contributed by atoms with E-state index < -0.39 is 0 Å². The van der Waals surface area contributed by atoms with E-state index in [2.05, 4.69) is 57.1 Å². The van der Waals surface area contributed by atoms with Crippen LogP contribution in [0.25, 0.3) is 47.1 Å². The highest BCUT2D eigenvalue weighted by Crippen LogP contribution is 2.49. The summed E-state index contributed by atoms with van der Waals surface area (Å²) >= 11 is 3.30. The highest BCUT2D eigenvalue weighted by molar-refractivity contribution is 7.24. The van der Waals surface area contributed by atoms with E-state index in [1.54, 1.807) is 22.7 Å². The maximum atomic E-state index is 9.74. The van der Waals surface area contributed by atoms with E-state index in [4.69, 9.17) is 13.1 Å². The number of hydrogen-bond donors (Lipinski definition) is 0. The van der Waals surface area contributed by atoms with Gasteiger partial charge in [-0.15, -0.1) is 22.7 Å².